The molecule has 0 aromatic carbocycles. The molecule has 0 unspecified atom stereocenters. The van der Waals surface area contributed by atoms with Gasteiger partial charge in [-0.3, -0.25) is 0 Å². The zero-order chi connectivity index (χ0) is 36.4. The Morgan fingerprint density at radius 1 is 0.432 bits per heavy atom. The summed E-state index contributed by atoms with van der Waals surface area (Å²) in [6.07, 6.45) is -8.63. The molecule has 0 saturated heterocycles. The lowest BCUT2D eigenvalue weighted by molar-refractivity contribution is -0.515. The lowest BCUT2D eigenvalue weighted by Gasteiger charge is -2.51. The molecule has 0 heterocycles. The first-order valence-corrected chi connectivity index (χ1v) is 9.69. The first-order chi connectivity index (χ1) is 18.6. The van der Waals surface area contributed by atoms with Gasteiger partial charge in [-0.25, -0.2) is 9.18 Å². The second-order valence-corrected chi connectivity index (χ2v) is 8.66. The van der Waals surface area contributed by atoms with Crippen LogP contribution in [0.3, 0.4) is 0 Å². The molecule has 0 amide bonds. The summed E-state index contributed by atoms with van der Waals surface area (Å²) >= 11 is 0. The molecule has 0 atom stereocenters. The van der Waals surface area contributed by atoms with Crippen LogP contribution in [-0.4, -0.2) is 82.9 Å². The number of rotatable bonds is 3. The van der Waals surface area contributed by atoms with E-state index in [1.807, 2.05) is 4.74 Å². The highest BCUT2D eigenvalue weighted by Gasteiger charge is 3.06. The molecule has 1 saturated carbocycles. The summed E-state index contributed by atoms with van der Waals surface area (Å²) < 4.78 is 352. The average molecular weight is 716 g/mol. The maximum absolute atomic E-state index is 15.0. The quantitative estimate of drug-likeness (QED) is 0.167. The van der Waals surface area contributed by atoms with E-state index in [1.165, 1.54) is 0 Å². The Kier molecular flexibility index (Phi) is 8.31. The van der Waals surface area contributed by atoms with Crippen molar-refractivity contribution in [3.8, 4) is 0 Å². The van der Waals surface area contributed by atoms with Gasteiger partial charge in [0, 0.05) is 5.57 Å². The SMILES string of the molecule is C=C(C)C(=O)OC(F)(F)C1(F)C(F)(F)C(F)(F)C(F)(F)C(F)(F)C(F)(F)C(F)(F)C(F)(F)C(F)(F)C(F)(F)C(F)(F)C1(F)F. The molecule has 1 fully saturated rings. The van der Waals surface area contributed by atoms with Crippen LogP contribution in [0.2, 0.25) is 0 Å². The maximum atomic E-state index is 15.0. The first kappa shape index (κ1) is 39.5. The molecule has 0 radical (unpaired) electrons. The van der Waals surface area contributed by atoms with Crippen molar-refractivity contribution in [2.75, 3.05) is 0 Å². The Bertz CT molecular complexity index is 1110. The lowest BCUT2D eigenvalue weighted by Crippen LogP contribution is -2.85. The number of carbonyl (C=O) groups excluding carboxylic acids is 1. The van der Waals surface area contributed by atoms with Crippen molar-refractivity contribution in [3.63, 3.8) is 0 Å². The van der Waals surface area contributed by atoms with Gasteiger partial charge in [-0.05, 0) is 6.92 Å². The minimum Gasteiger partial charge on any atom is -0.395 e. The number of alkyl halides is 25. The second kappa shape index (κ2) is 9.27. The molecule has 27 heteroatoms. The van der Waals surface area contributed by atoms with E-state index < -0.39 is 88.5 Å². The molecular formula is C17H5F25O2. The Morgan fingerprint density at radius 2 is 0.591 bits per heavy atom. The van der Waals surface area contributed by atoms with Crippen molar-refractivity contribution in [2.45, 2.75) is 83.8 Å². The zero-order valence-electron chi connectivity index (χ0n) is 19.5. The molecule has 2 nitrogen and oxygen atoms in total. The molecule has 1 aliphatic rings. The van der Waals surface area contributed by atoms with E-state index in [0.29, 0.717) is 0 Å². The Labute approximate surface area is 222 Å². The zero-order valence-corrected chi connectivity index (χ0v) is 19.5. The largest absolute Gasteiger partial charge is 0.448 e. The number of halogens is 25. The molecule has 0 aromatic heterocycles. The molecule has 1 aliphatic carbocycles. The van der Waals surface area contributed by atoms with Crippen molar-refractivity contribution in [1.29, 1.82) is 0 Å². The van der Waals surface area contributed by atoms with Gasteiger partial charge in [0.05, 0.1) is 0 Å². The number of hydrogen-bond acceptors (Lipinski definition) is 2. The van der Waals surface area contributed by atoms with Gasteiger partial charge in [0.15, 0.2) is 0 Å². The fraction of sp³-hybridized carbons (Fsp3) is 0.824. The van der Waals surface area contributed by atoms with E-state index in [2.05, 4.69) is 6.58 Å². The van der Waals surface area contributed by atoms with Crippen molar-refractivity contribution >= 4 is 5.97 Å². The molecule has 0 N–H and O–H groups in total. The topological polar surface area (TPSA) is 26.3 Å². The Morgan fingerprint density at radius 3 is 0.750 bits per heavy atom. The van der Waals surface area contributed by atoms with E-state index in [0.717, 1.165) is 0 Å². The van der Waals surface area contributed by atoms with Crippen LogP contribution in [0, 0.1) is 0 Å². The Balaban J connectivity index is 4.83. The van der Waals surface area contributed by atoms with Gasteiger partial charge in [-0.2, -0.15) is 105 Å². The summed E-state index contributed by atoms with van der Waals surface area (Å²) in [5.41, 5.74) is -11.7. The molecule has 0 bridgehead atoms. The molecule has 0 aliphatic heterocycles. The standard InChI is InChI=1S/C17H5F25O2/c1-3(2)4(43)44-17(41,42)5(18)6(19,20)8(23,24)10(27,28)12(31,32)14(35,36)16(39,40)15(37,38)13(33,34)11(29,30)9(25,26)7(5,21)22/h1H2,2H3. The van der Waals surface area contributed by atoms with Crippen LogP contribution < -0.4 is 0 Å². The number of carbonyl (C=O) groups is 1. The van der Waals surface area contributed by atoms with Gasteiger partial charge in [-0.1, -0.05) is 6.58 Å². The fourth-order valence-corrected chi connectivity index (χ4v) is 3.04. The van der Waals surface area contributed by atoms with Crippen LogP contribution in [-0.2, 0) is 9.53 Å². The van der Waals surface area contributed by atoms with E-state index in [-0.39, 0.29) is 6.92 Å². The van der Waals surface area contributed by atoms with Crippen molar-refractivity contribution < 1.29 is 119 Å². The van der Waals surface area contributed by atoms with E-state index >= 15 is 4.39 Å². The predicted molar refractivity (Wildman–Crippen MR) is 84.1 cm³/mol. The summed E-state index contributed by atoms with van der Waals surface area (Å²) in [6.45, 7) is 2.13. The van der Waals surface area contributed by atoms with Gasteiger partial charge >= 0.3 is 82.9 Å². The maximum Gasteiger partial charge on any atom is 0.448 e. The monoisotopic (exact) mass is 716 g/mol. The summed E-state index contributed by atoms with van der Waals surface area (Å²) in [4.78, 5) is 11.1. The van der Waals surface area contributed by atoms with Gasteiger partial charge in [0.1, 0.15) is 0 Å². The van der Waals surface area contributed by atoms with Crippen LogP contribution in [0.1, 0.15) is 6.92 Å². The van der Waals surface area contributed by atoms with Crippen LogP contribution in [0.25, 0.3) is 0 Å². The number of ether oxygens (including phenoxy) is 1. The summed E-state index contributed by atoms with van der Waals surface area (Å²) in [5.74, 6) is -110. The van der Waals surface area contributed by atoms with Gasteiger partial charge in [0.25, 0.3) is 0 Å². The highest BCUT2D eigenvalue weighted by atomic mass is 19.4. The first-order valence-electron chi connectivity index (χ1n) is 9.69. The van der Waals surface area contributed by atoms with Gasteiger partial charge < -0.3 is 4.74 Å². The minimum absolute atomic E-state index is 0.0441. The normalized spacial score (nSPS) is 30.1. The van der Waals surface area contributed by atoms with Crippen molar-refractivity contribution in [3.05, 3.63) is 12.2 Å². The number of hydrogen-bond donors (Lipinski definition) is 0. The summed E-state index contributed by atoms with van der Waals surface area (Å²) in [6, 6.07) is 0. The highest BCUT2D eigenvalue weighted by molar-refractivity contribution is 5.87. The third kappa shape index (κ3) is 3.83. The molecule has 260 valence electrons. The smallest absolute Gasteiger partial charge is 0.395 e. The summed E-state index contributed by atoms with van der Waals surface area (Å²) in [5, 5.41) is 0. The fourth-order valence-electron chi connectivity index (χ4n) is 3.04. The summed E-state index contributed by atoms with van der Waals surface area (Å²) in [7, 11) is 0. The van der Waals surface area contributed by atoms with E-state index in [1.54, 1.807) is 0 Å². The predicted octanol–water partition coefficient (Wildman–Crippen LogP) is 8.41. The van der Waals surface area contributed by atoms with Gasteiger partial charge in [-0.15, -0.1) is 0 Å². The molecular weight excluding hydrogens is 711 g/mol. The van der Waals surface area contributed by atoms with Crippen molar-refractivity contribution in [1.82, 2.24) is 0 Å². The number of esters is 1. The molecule has 0 aromatic rings. The Hall–Kier alpha value is -2.54. The second-order valence-electron chi connectivity index (χ2n) is 8.66. The van der Waals surface area contributed by atoms with Crippen LogP contribution >= 0.6 is 0 Å². The average Bonchev–Trinajstić information content (AvgIpc) is 2.80. The van der Waals surface area contributed by atoms with E-state index in [4.69, 9.17) is 0 Å². The van der Waals surface area contributed by atoms with Crippen molar-refractivity contribution in [2.24, 2.45) is 0 Å². The minimum atomic E-state index is -9.88. The van der Waals surface area contributed by atoms with E-state index in [9.17, 15) is 110 Å². The van der Waals surface area contributed by atoms with Gasteiger partial charge in [0.2, 0.25) is 0 Å². The van der Waals surface area contributed by atoms with Crippen LogP contribution in [0.15, 0.2) is 12.2 Å². The van der Waals surface area contributed by atoms with Crippen LogP contribution in [0.4, 0.5) is 110 Å². The molecule has 44 heavy (non-hydrogen) atoms. The third-order valence-corrected chi connectivity index (χ3v) is 5.78. The lowest BCUT2D eigenvalue weighted by atomic mass is 9.74. The van der Waals surface area contributed by atoms with Crippen LogP contribution in [0.5, 0.6) is 0 Å². The molecule has 1 rings (SSSR count). The highest BCUT2D eigenvalue weighted by Crippen LogP contribution is 2.72. The molecule has 0 spiro atoms. The third-order valence-electron chi connectivity index (χ3n) is 5.78.